The van der Waals surface area contributed by atoms with Crippen LogP contribution in [0.15, 0.2) is 39.4 Å². The molecule has 0 aliphatic rings. The number of rotatable bonds is 6. The standard InChI is InChI=1S/C15H18BrNO3/c1-4-19-13-6-5-11(9-14(13)18-3)17-10(2)12-7-8-15(16)20-12/h5-10,17H,4H2,1-3H3. The van der Waals surface area contributed by atoms with E-state index in [1.165, 1.54) is 0 Å². The molecule has 4 nitrogen and oxygen atoms in total. The third-order valence-corrected chi connectivity index (χ3v) is 3.29. The van der Waals surface area contributed by atoms with E-state index in [9.17, 15) is 0 Å². The predicted octanol–water partition coefficient (Wildman–Crippen LogP) is 4.62. The van der Waals surface area contributed by atoms with E-state index in [0.717, 1.165) is 21.9 Å². The summed E-state index contributed by atoms with van der Waals surface area (Å²) in [6.45, 7) is 4.59. The Hall–Kier alpha value is -1.62. The van der Waals surface area contributed by atoms with Crippen molar-refractivity contribution in [1.29, 1.82) is 0 Å². The summed E-state index contributed by atoms with van der Waals surface area (Å²) in [5, 5.41) is 3.37. The lowest BCUT2D eigenvalue weighted by molar-refractivity contribution is 0.311. The maximum absolute atomic E-state index is 5.53. The smallest absolute Gasteiger partial charge is 0.169 e. The number of hydrogen-bond acceptors (Lipinski definition) is 4. The van der Waals surface area contributed by atoms with Gasteiger partial charge in [-0.3, -0.25) is 0 Å². The van der Waals surface area contributed by atoms with E-state index in [1.807, 2.05) is 44.2 Å². The zero-order valence-electron chi connectivity index (χ0n) is 11.8. The van der Waals surface area contributed by atoms with Gasteiger partial charge in [0, 0.05) is 11.8 Å². The summed E-state index contributed by atoms with van der Waals surface area (Å²) in [6.07, 6.45) is 0. The zero-order chi connectivity index (χ0) is 14.5. The van der Waals surface area contributed by atoms with E-state index < -0.39 is 0 Å². The maximum atomic E-state index is 5.53. The fraction of sp³-hybridized carbons (Fsp3) is 0.333. The Labute approximate surface area is 127 Å². The Morgan fingerprint density at radius 1 is 1.25 bits per heavy atom. The number of anilines is 1. The van der Waals surface area contributed by atoms with E-state index in [4.69, 9.17) is 13.9 Å². The van der Waals surface area contributed by atoms with Crippen LogP contribution in [-0.4, -0.2) is 13.7 Å². The predicted molar refractivity (Wildman–Crippen MR) is 82.6 cm³/mol. The summed E-state index contributed by atoms with van der Waals surface area (Å²) in [5.74, 6) is 2.32. The summed E-state index contributed by atoms with van der Waals surface area (Å²) in [6, 6.07) is 9.65. The fourth-order valence-corrected chi connectivity index (χ4v) is 2.23. The van der Waals surface area contributed by atoms with Crippen LogP contribution < -0.4 is 14.8 Å². The first-order valence-electron chi connectivity index (χ1n) is 6.46. The molecule has 2 rings (SSSR count). The molecule has 0 radical (unpaired) electrons. The number of benzene rings is 1. The molecule has 2 aromatic rings. The van der Waals surface area contributed by atoms with Crippen molar-refractivity contribution in [2.24, 2.45) is 0 Å². The molecule has 20 heavy (non-hydrogen) atoms. The summed E-state index contributed by atoms with van der Waals surface area (Å²) >= 11 is 3.30. The summed E-state index contributed by atoms with van der Waals surface area (Å²) < 4.78 is 17.1. The van der Waals surface area contributed by atoms with Crippen molar-refractivity contribution in [3.8, 4) is 11.5 Å². The third-order valence-electron chi connectivity index (χ3n) is 2.87. The highest BCUT2D eigenvalue weighted by atomic mass is 79.9. The van der Waals surface area contributed by atoms with E-state index in [0.29, 0.717) is 12.4 Å². The largest absolute Gasteiger partial charge is 0.493 e. The molecule has 0 aliphatic carbocycles. The molecule has 0 fully saturated rings. The molecule has 1 aromatic heterocycles. The van der Waals surface area contributed by atoms with Crippen molar-refractivity contribution in [3.05, 3.63) is 40.8 Å². The second kappa shape index (κ2) is 6.70. The van der Waals surface area contributed by atoms with E-state index in [1.54, 1.807) is 7.11 Å². The quantitative estimate of drug-likeness (QED) is 0.833. The first kappa shape index (κ1) is 14.8. The van der Waals surface area contributed by atoms with Crippen molar-refractivity contribution < 1.29 is 13.9 Å². The average molecular weight is 340 g/mol. The van der Waals surface area contributed by atoms with Gasteiger partial charge in [-0.05, 0) is 54.0 Å². The minimum atomic E-state index is 0.0592. The molecule has 0 bridgehead atoms. The fourth-order valence-electron chi connectivity index (χ4n) is 1.91. The highest BCUT2D eigenvalue weighted by Crippen LogP contribution is 2.32. The molecule has 1 unspecified atom stereocenters. The van der Waals surface area contributed by atoms with Gasteiger partial charge in [0.15, 0.2) is 16.2 Å². The van der Waals surface area contributed by atoms with Crippen LogP contribution in [0.2, 0.25) is 0 Å². The molecule has 1 N–H and O–H groups in total. The Morgan fingerprint density at radius 2 is 2.05 bits per heavy atom. The van der Waals surface area contributed by atoms with Gasteiger partial charge in [0.25, 0.3) is 0 Å². The van der Waals surface area contributed by atoms with Crippen LogP contribution in [0.25, 0.3) is 0 Å². The summed E-state index contributed by atoms with van der Waals surface area (Å²) in [5.41, 5.74) is 0.949. The molecule has 0 saturated heterocycles. The first-order valence-corrected chi connectivity index (χ1v) is 7.26. The Balaban J connectivity index is 2.13. The molecule has 0 aliphatic heterocycles. The van der Waals surface area contributed by atoms with E-state index in [2.05, 4.69) is 21.2 Å². The number of halogens is 1. The minimum absolute atomic E-state index is 0.0592. The molecule has 1 heterocycles. The topological polar surface area (TPSA) is 43.6 Å². The monoisotopic (exact) mass is 339 g/mol. The van der Waals surface area contributed by atoms with Crippen molar-refractivity contribution in [2.75, 3.05) is 19.0 Å². The lowest BCUT2D eigenvalue weighted by Gasteiger charge is -2.15. The van der Waals surface area contributed by atoms with Crippen molar-refractivity contribution in [1.82, 2.24) is 0 Å². The average Bonchev–Trinajstić information content (AvgIpc) is 2.87. The van der Waals surface area contributed by atoms with Gasteiger partial charge in [-0.15, -0.1) is 0 Å². The summed E-state index contributed by atoms with van der Waals surface area (Å²) in [4.78, 5) is 0. The zero-order valence-corrected chi connectivity index (χ0v) is 13.4. The Morgan fingerprint density at radius 3 is 2.65 bits per heavy atom. The van der Waals surface area contributed by atoms with Crippen LogP contribution in [0.4, 0.5) is 5.69 Å². The minimum Gasteiger partial charge on any atom is -0.493 e. The number of ether oxygens (including phenoxy) is 2. The van der Waals surface area contributed by atoms with E-state index in [-0.39, 0.29) is 6.04 Å². The van der Waals surface area contributed by atoms with Crippen LogP contribution in [0.3, 0.4) is 0 Å². The molecule has 0 amide bonds. The highest BCUT2D eigenvalue weighted by molar-refractivity contribution is 9.10. The van der Waals surface area contributed by atoms with Gasteiger partial charge in [0.1, 0.15) is 5.76 Å². The van der Waals surface area contributed by atoms with Crippen LogP contribution in [-0.2, 0) is 0 Å². The lowest BCUT2D eigenvalue weighted by atomic mass is 10.2. The van der Waals surface area contributed by atoms with Crippen LogP contribution in [0, 0.1) is 0 Å². The van der Waals surface area contributed by atoms with Gasteiger partial charge in [-0.1, -0.05) is 0 Å². The van der Waals surface area contributed by atoms with Crippen molar-refractivity contribution in [3.63, 3.8) is 0 Å². The van der Waals surface area contributed by atoms with Crippen molar-refractivity contribution in [2.45, 2.75) is 19.9 Å². The number of nitrogens with one attached hydrogen (secondary N) is 1. The highest BCUT2D eigenvalue weighted by Gasteiger charge is 2.11. The SMILES string of the molecule is CCOc1ccc(NC(C)c2ccc(Br)o2)cc1OC. The van der Waals surface area contributed by atoms with Gasteiger partial charge >= 0.3 is 0 Å². The second-order valence-corrected chi connectivity index (χ2v) is 5.09. The Bertz CT molecular complexity index is 568. The van der Waals surface area contributed by atoms with Gasteiger partial charge < -0.3 is 19.2 Å². The van der Waals surface area contributed by atoms with Crippen LogP contribution in [0.5, 0.6) is 11.5 Å². The molecule has 1 atom stereocenters. The second-order valence-electron chi connectivity index (χ2n) is 4.31. The molecular weight excluding hydrogens is 322 g/mol. The first-order chi connectivity index (χ1) is 9.63. The Kier molecular flexibility index (Phi) is 4.95. The number of furan rings is 1. The van der Waals surface area contributed by atoms with Gasteiger partial charge in [-0.25, -0.2) is 0 Å². The van der Waals surface area contributed by atoms with Gasteiger partial charge in [0.05, 0.1) is 19.8 Å². The number of hydrogen-bond donors (Lipinski definition) is 1. The molecule has 0 spiro atoms. The molecule has 1 aromatic carbocycles. The molecule has 108 valence electrons. The van der Waals surface area contributed by atoms with Crippen LogP contribution >= 0.6 is 15.9 Å². The molecular formula is C15H18BrNO3. The number of methoxy groups -OCH3 is 1. The third kappa shape index (κ3) is 3.48. The van der Waals surface area contributed by atoms with Crippen molar-refractivity contribution >= 4 is 21.6 Å². The molecule has 5 heteroatoms. The lowest BCUT2D eigenvalue weighted by Crippen LogP contribution is -2.06. The maximum Gasteiger partial charge on any atom is 0.169 e. The van der Waals surface area contributed by atoms with Gasteiger partial charge in [-0.2, -0.15) is 0 Å². The van der Waals surface area contributed by atoms with Gasteiger partial charge in [0.2, 0.25) is 0 Å². The van der Waals surface area contributed by atoms with Crippen LogP contribution in [0.1, 0.15) is 25.6 Å². The normalized spacial score (nSPS) is 12.0. The molecule has 0 saturated carbocycles. The summed E-state index contributed by atoms with van der Waals surface area (Å²) in [7, 11) is 1.63. The van der Waals surface area contributed by atoms with E-state index >= 15 is 0 Å².